The number of aliphatic carboxylic acids is 1. The number of carboxylic acid groups (broad SMARTS) is 1. The molecule has 3 rings (SSSR count). The van der Waals surface area contributed by atoms with E-state index in [1.807, 2.05) is 48.5 Å². The van der Waals surface area contributed by atoms with E-state index in [1.54, 1.807) is 18.2 Å². The minimum Gasteiger partial charge on any atom is -0.481 e. The summed E-state index contributed by atoms with van der Waals surface area (Å²) in [5, 5.41) is 14.8. The molecule has 2 amide bonds. The molecule has 0 aliphatic rings. The van der Waals surface area contributed by atoms with Crippen LogP contribution in [-0.4, -0.2) is 17.1 Å². The van der Waals surface area contributed by atoms with Gasteiger partial charge < -0.3 is 21.5 Å². The van der Waals surface area contributed by atoms with Crippen molar-refractivity contribution < 1.29 is 14.7 Å². The predicted octanol–water partition coefficient (Wildman–Crippen LogP) is 4.07. The summed E-state index contributed by atoms with van der Waals surface area (Å²) in [5.41, 5.74) is 10.2. The maximum atomic E-state index is 12.5. The van der Waals surface area contributed by atoms with Crippen LogP contribution in [0.1, 0.15) is 34.7 Å². The Morgan fingerprint density at radius 3 is 2.23 bits per heavy atom. The van der Waals surface area contributed by atoms with Crippen LogP contribution in [0.4, 0.5) is 10.5 Å². The van der Waals surface area contributed by atoms with Gasteiger partial charge in [-0.3, -0.25) is 4.79 Å². The zero-order chi connectivity index (χ0) is 21.3. The molecule has 6 nitrogen and oxygen atoms in total. The van der Waals surface area contributed by atoms with E-state index in [-0.39, 0.29) is 6.42 Å². The van der Waals surface area contributed by atoms with E-state index in [2.05, 4.69) is 22.8 Å². The molecule has 3 aromatic rings. The zero-order valence-electron chi connectivity index (χ0n) is 16.5. The fourth-order valence-electron chi connectivity index (χ4n) is 3.23. The Hall–Kier alpha value is -3.64. The molecule has 0 aliphatic heterocycles. The third kappa shape index (κ3) is 6.18. The number of rotatable bonds is 8. The minimum absolute atomic E-state index is 0.219. The molecule has 3 aromatic carbocycles. The van der Waals surface area contributed by atoms with E-state index in [1.165, 1.54) is 5.56 Å². The van der Waals surface area contributed by atoms with Crippen molar-refractivity contribution in [3.63, 3.8) is 0 Å². The number of carbonyl (C=O) groups excluding carboxylic acids is 1. The molecule has 0 spiro atoms. The van der Waals surface area contributed by atoms with Crippen molar-refractivity contribution in [1.82, 2.24) is 5.32 Å². The van der Waals surface area contributed by atoms with Crippen LogP contribution in [0.25, 0.3) is 0 Å². The highest BCUT2D eigenvalue weighted by molar-refractivity contribution is 5.90. The van der Waals surface area contributed by atoms with Crippen molar-refractivity contribution in [3.05, 3.63) is 101 Å². The van der Waals surface area contributed by atoms with Crippen LogP contribution >= 0.6 is 0 Å². The lowest BCUT2D eigenvalue weighted by Crippen LogP contribution is -2.33. The number of hydrogen-bond donors (Lipinski definition) is 4. The second-order valence-electron chi connectivity index (χ2n) is 7.06. The Labute approximate surface area is 175 Å². The van der Waals surface area contributed by atoms with E-state index >= 15 is 0 Å². The summed E-state index contributed by atoms with van der Waals surface area (Å²) in [7, 11) is 0. The van der Waals surface area contributed by atoms with Crippen molar-refractivity contribution >= 4 is 17.7 Å². The molecule has 0 bridgehead atoms. The molecule has 0 aromatic heterocycles. The zero-order valence-corrected chi connectivity index (χ0v) is 16.5. The number of benzene rings is 3. The van der Waals surface area contributed by atoms with Crippen LogP contribution in [0.5, 0.6) is 0 Å². The molecular weight excluding hydrogens is 378 g/mol. The predicted molar refractivity (Wildman–Crippen MR) is 117 cm³/mol. The topological polar surface area (TPSA) is 104 Å². The Kier molecular flexibility index (Phi) is 7.19. The third-order valence-corrected chi connectivity index (χ3v) is 4.74. The normalized spacial score (nSPS) is 11.5. The Bertz CT molecular complexity index is 988. The molecule has 1 unspecified atom stereocenters. The van der Waals surface area contributed by atoms with Crippen LogP contribution in [0.15, 0.2) is 78.9 Å². The van der Waals surface area contributed by atoms with Crippen molar-refractivity contribution in [2.75, 3.05) is 5.32 Å². The summed E-state index contributed by atoms with van der Waals surface area (Å²) in [6.07, 6.45) is 0.538. The Morgan fingerprint density at radius 2 is 1.57 bits per heavy atom. The van der Waals surface area contributed by atoms with E-state index in [0.29, 0.717) is 17.8 Å². The van der Waals surface area contributed by atoms with Gasteiger partial charge in [-0.15, -0.1) is 0 Å². The van der Waals surface area contributed by atoms with E-state index < -0.39 is 18.0 Å². The molecule has 5 N–H and O–H groups in total. The average Bonchev–Trinajstić information content (AvgIpc) is 2.74. The molecular formula is C24H25N3O3. The van der Waals surface area contributed by atoms with Crippen LogP contribution in [0, 0.1) is 0 Å². The molecule has 0 fully saturated rings. The van der Waals surface area contributed by atoms with Gasteiger partial charge in [-0.1, -0.05) is 66.7 Å². The van der Waals surface area contributed by atoms with Gasteiger partial charge in [0.1, 0.15) is 0 Å². The number of carboxylic acids is 1. The van der Waals surface area contributed by atoms with Gasteiger partial charge in [0.2, 0.25) is 0 Å². The maximum absolute atomic E-state index is 12.5. The van der Waals surface area contributed by atoms with Crippen LogP contribution in [0.2, 0.25) is 0 Å². The van der Waals surface area contributed by atoms with E-state index in [4.69, 9.17) is 5.73 Å². The molecule has 0 saturated carbocycles. The van der Waals surface area contributed by atoms with E-state index in [0.717, 1.165) is 17.5 Å². The van der Waals surface area contributed by atoms with Gasteiger partial charge in [0.25, 0.3) is 0 Å². The van der Waals surface area contributed by atoms with E-state index in [9.17, 15) is 14.7 Å². The highest BCUT2D eigenvalue weighted by Gasteiger charge is 2.18. The standard InChI is InChI=1S/C24H25N3O3/c25-16-18-9-11-20(12-10-18)22(15-23(28)29)27-24(30)26-21-8-4-7-19(14-21)13-17-5-2-1-3-6-17/h1-12,14,22H,13,15-16,25H2,(H,28,29)(H2,26,27,30). The quantitative estimate of drug-likeness (QED) is 0.455. The van der Waals surface area contributed by atoms with Gasteiger partial charge in [0.05, 0.1) is 12.5 Å². The van der Waals surface area contributed by atoms with Crippen molar-refractivity contribution in [3.8, 4) is 0 Å². The smallest absolute Gasteiger partial charge is 0.319 e. The van der Waals surface area contributed by atoms with Gasteiger partial charge in [-0.2, -0.15) is 0 Å². The first-order chi connectivity index (χ1) is 14.5. The highest BCUT2D eigenvalue weighted by Crippen LogP contribution is 2.19. The number of nitrogens with one attached hydrogen (secondary N) is 2. The van der Waals surface area contributed by atoms with Crippen molar-refractivity contribution in [1.29, 1.82) is 0 Å². The number of amides is 2. The van der Waals surface area contributed by atoms with Crippen LogP contribution in [0.3, 0.4) is 0 Å². The Morgan fingerprint density at radius 1 is 0.867 bits per heavy atom. The molecule has 0 saturated heterocycles. The fraction of sp³-hybridized carbons (Fsp3) is 0.167. The molecule has 6 heteroatoms. The fourth-order valence-corrected chi connectivity index (χ4v) is 3.23. The van der Waals surface area contributed by atoms with Crippen molar-refractivity contribution in [2.24, 2.45) is 5.73 Å². The Balaban J connectivity index is 1.67. The summed E-state index contributed by atoms with van der Waals surface area (Å²) in [6, 6.07) is 23.8. The first-order valence-electron chi connectivity index (χ1n) is 9.74. The summed E-state index contributed by atoms with van der Waals surface area (Å²) < 4.78 is 0. The lowest BCUT2D eigenvalue weighted by Gasteiger charge is -2.18. The van der Waals surface area contributed by atoms with Gasteiger partial charge in [0, 0.05) is 12.2 Å². The second kappa shape index (κ2) is 10.2. The molecule has 154 valence electrons. The van der Waals surface area contributed by atoms with Gasteiger partial charge in [-0.05, 0) is 40.8 Å². The van der Waals surface area contributed by atoms with Crippen LogP contribution < -0.4 is 16.4 Å². The second-order valence-corrected chi connectivity index (χ2v) is 7.06. The summed E-state index contributed by atoms with van der Waals surface area (Å²) in [5.74, 6) is -0.993. The maximum Gasteiger partial charge on any atom is 0.319 e. The first kappa shape index (κ1) is 21.1. The number of urea groups is 1. The van der Waals surface area contributed by atoms with Gasteiger partial charge in [0.15, 0.2) is 0 Å². The lowest BCUT2D eigenvalue weighted by atomic mass is 10.0. The SMILES string of the molecule is NCc1ccc(C(CC(=O)O)NC(=O)Nc2cccc(Cc3ccccc3)c2)cc1. The monoisotopic (exact) mass is 403 g/mol. The van der Waals surface area contributed by atoms with Gasteiger partial charge >= 0.3 is 12.0 Å². The summed E-state index contributed by atoms with van der Waals surface area (Å²) in [6.45, 7) is 0.400. The van der Waals surface area contributed by atoms with Crippen LogP contribution in [-0.2, 0) is 17.8 Å². The highest BCUT2D eigenvalue weighted by atomic mass is 16.4. The first-order valence-corrected chi connectivity index (χ1v) is 9.74. The number of hydrogen-bond acceptors (Lipinski definition) is 3. The largest absolute Gasteiger partial charge is 0.481 e. The molecule has 0 heterocycles. The number of nitrogens with two attached hydrogens (primary N) is 1. The van der Waals surface area contributed by atoms with Crippen molar-refractivity contribution in [2.45, 2.75) is 25.4 Å². The molecule has 0 radical (unpaired) electrons. The lowest BCUT2D eigenvalue weighted by molar-refractivity contribution is -0.137. The molecule has 0 aliphatic carbocycles. The summed E-state index contributed by atoms with van der Waals surface area (Å²) in [4.78, 5) is 23.8. The molecule has 1 atom stereocenters. The average molecular weight is 403 g/mol. The number of carbonyl (C=O) groups is 2. The third-order valence-electron chi connectivity index (χ3n) is 4.74. The number of anilines is 1. The molecule has 30 heavy (non-hydrogen) atoms. The van der Waals surface area contributed by atoms with Gasteiger partial charge in [-0.25, -0.2) is 4.79 Å². The summed E-state index contributed by atoms with van der Waals surface area (Å²) >= 11 is 0. The minimum atomic E-state index is -0.993.